The first-order valence-electron chi connectivity index (χ1n) is 5.01. The summed E-state index contributed by atoms with van der Waals surface area (Å²) in [5.74, 6) is -3.41. The summed E-state index contributed by atoms with van der Waals surface area (Å²) >= 11 is 5.77. The molecule has 0 radical (unpaired) electrons. The number of anilines is 1. The third-order valence-electron chi connectivity index (χ3n) is 2.32. The molecule has 0 atom stereocenters. The van der Waals surface area contributed by atoms with Crippen molar-refractivity contribution >= 4 is 23.4 Å². The van der Waals surface area contributed by atoms with Gasteiger partial charge in [0.2, 0.25) is 0 Å². The van der Waals surface area contributed by atoms with Crippen LogP contribution in [-0.2, 0) is 4.79 Å². The van der Waals surface area contributed by atoms with Crippen LogP contribution in [0.25, 0.3) is 0 Å². The number of nitrogens with zero attached hydrogens (tertiary/aromatic N) is 2. The Morgan fingerprint density at radius 1 is 1.56 bits per heavy atom. The fourth-order valence-corrected chi connectivity index (χ4v) is 1.71. The monoisotopic (exact) mass is 278 g/mol. The Hall–Kier alpha value is -1.63. The van der Waals surface area contributed by atoms with Gasteiger partial charge in [0.15, 0.2) is 17.5 Å². The second-order valence-electron chi connectivity index (χ2n) is 3.85. The molecule has 2 rings (SSSR count). The minimum atomic E-state index is -2.69. The van der Waals surface area contributed by atoms with Gasteiger partial charge in [-0.05, 0) is 12.1 Å². The van der Waals surface area contributed by atoms with Gasteiger partial charge >= 0.3 is 5.97 Å². The van der Waals surface area contributed by atoms with Crippen LogP contribution in [0.15, 0.2) is 12.1 Å². The molecule has 1 aliphatic rings. The van der Waals surface area contributed by atoms with Crippen molar-refractivity contribution in [2.24, 2.45) is 0 Å². The third kappa shape index (κ3) is 2.79. The molecule has 1 aromatic rings. The van der Waals surface area contributed by atoms with Crippen LogP contribution in [0.4, 0.5) is 14.6 Å². The lowest BCUT2D eigenvalue weighted by Gasteiger charge is -2.39. The molecule has 1 fully saturated rings. The van der Waals surface area contributed by atoms with Crippen molar-refractivity contribution in [2.75, 3.05) is 24.6 Å². The highest BCUT2D eigenvalue weighted by Gasteiger charge is 2.44. The summed E-state index contributed by atoms with van der Waals surface area (Å²) in [6.07, 6.45) is 0. The Kier molecular flexibility index (Phi) is 3.25. The van der Waals surface area contributed by atoms with Crippen molar-refractivity contribution in [3.05, 3.63) is 17.3 Å². The minimum absolute atomic E-state index is 0.0519. The quantitative estimate of drug-likeness (QED) is 0.849. The number of pyridine rings is 1. The Morgan fingerprint density at radius 2 is 2.22 bits per heavy atom. The van der Waals surface area contributed by atoms with E-state index in [0.717, 1.165) is 0 Å². The molecule has 0 saturated carbocycles. The summed E-state index contributed by atoms with van der Waals surface area (Å²) in [7, 11) is 0. The lowest BCUT2D eigenvalue weighted by molar-refractivity contribution is -0.139. The molecule has 0 aromatic carbocycles. The van der Waals surface area contributed by atoms with Gasteiger partial charge in [0.25, 0.3) is 5.92 Å². The molecule has 0 bridgehead atoms. The van der Waals surface area contributed by atoms with E-state index in [1.165, 1.54) is 17.0 Å². The van der Waals surface area contributed by atoms with E-state index in [0.29, 0.717) is 5.82 Å². The number of ether oxygens (including phenoxy) is 1. The van der Waals surface area contributed by atoms with Gasteiger partial charge in [-0.15, -0.1) is 0 Å². The highest BCUT2D eigenvalue weighted by atomic mass is 35.5. The molecule has 5 nitrogen and oxygen atoms in total. The van der Waals surface area contributed by atoms with Gasteiger partial charge in [-0.2, -0.15) is 0 Å². The van der Waals surface area contributed by atoms with Crippen LogP contribution in [0, 0.1) is 0 Å². The fraction of sp³-hybridized carbons (Fsp3) is 0.400. The number of alkyl halides is 2. The van der Waals surface area contributed by atoms with Crippen molar-refractivity contribution in [3.63, 3.8) is 0 Å². The largest absolute Gasteiger partial charge is 0.479 e. The number of carboxylic acids is 1. The van der Waals surface area contributed by atoms with Crippen LogP contribution in [0.2, 0.25) is 5.15 Å². The SMILES string of the molecule is O=C(O)COc1ccc(N2CC(F)(F)C2)nc1Cl. The van der Waals surface area contributed by atoms with Crippen molar-refractivity contribution in [2.45, 2.75) is 5.92 Å². The fourth-order valence-electron chi connectivity index (χ4n) is 1.51. The molecular formula is C10H9ClF2N2O3. The topological polar surface area (TPSA) is 62.7 Å². The molecule has 18 heavy (non-hydrogen) atoms. The van der Waals surface area contributed by atoms with Crippen molar-refractivity contribution in [1.29, 1.82) is 0 Å². The van der Waals surface area contributed by atoms with Crippen LogP contribution in [0.1, 0.15) is 0 Å². The Bertz CT molecular complexity index is 476. The number of aliphatic carboxylic acids is 1. The lowest BCUT2D eigenvalue weighted by Crippen LogP contribution is -2.56. The van der Waals surface area contributed by atoms with Crippen LogP contribution in [0.3, 0.4) is 0 Å². The first-order chi connectivity index (χ1) is 8.37. The van der Waals surface area contributed by atoms with E-state index >= 15 is 0 Å². The summed E-state index contributed by atoms with van der Waals surface area (Å²) in [4.78, 5) is 15.6. The number of hydrogen-bond donors (Lipinski definition) is 1. The molecule has 0 aliphatic carbocycles. The normalized spacial score (nSPS) is 17.2. The zero-order chi connectivity index (χ0) is 13.3. The van der Waals surface area contributed by atoms with E-state index < -0.39 is 31.6 Å². The maximum absolute atomic E-state index is 12.7. The Labute approximate surface area is 106 Å². The van der Waals surface area contributed by atoms with Gasteiger partial charge in [-0.1, -0.05) is 11.6 Å². The molecule has 0 amide bonds. The van der Waals surface area contributed by atoms with Gasteiger partial charge in [0.1, 0.15) is 5.82 Å². The van der Waals surface area contributed by atoms with Crippen LogP contribution < -0.4 is 9.64 Å². The zero-order valence-corrected chi connectivity index (χ0v) is 9.82. The predicted molar refractivity (Wildman–Crippen MR) is 59.5 cm³/mol. The van der Waals surface area contributed by atoms with E-state index in [2.05, 4.69) is 4.98 Å². The highest BCUT2D eigenvalue weighted by molar-refractivity contribution is 6.31. The number of hydrogen-bond acceptors (Lipinski definition) is 4. The summed E-state index contributed by atoms with van der Waals surface area (Å²) in [5, 5.41) is 8.38. The van der Waals surface area contributed by atoms with Gasteiger partial charge in [-0.25, -0.2) is 18.6 Å². The second-order valence-corrected chi connectivity index (χ2v) is 4.21. The molecule has 98 valence electrons. The Balaban J connectivity index is 2.04. The van der Waals surface area contributed by atoms with Gasteiger partial charge in [-0.3, -0.25) is 0 Å². The third-order valence-corrected chi connectivity index (χ3v) is 2.59. The lowest BCUT2D eigenvalue weighted by atomic mass is 10.1. The summed E-state index contributed by atoms with van der Waals surface area (Å²) < 4.78 is 30.2. The summed E-state index contributed by atoms with van der Waals surface area (Å²) in [6, 6.07) is 2.86. The molecule has 1 saturated heterocycles. The van der Waals surface area contributed by atoms with Crippen LogP contribution in [-0.4, -0.2) is 41.7 Å². The standard InChI is InChI=1S/C10H9ClF2N2O3/c11-9-6(18-3-8(16)17)1-2-7(14-9)15-4-10(12,13)5-15/h1-2H,3-5H2,(H,16,17). The van der Waals surface area contributed by atoms with E-state index in [9.17, 15) is 13.6 Å². The summed E-state index contributed by atoms with van der Waals surface area (Å²) in [6.45, 7) is -1.33. The molecule has 2 heterocycles. The molecule has 0 spiro atoms. The first-order valence-corrected chi connectivity index (χ1v) is 5.39. The maximum Gasteiger partial charge on any atom is 0.341 e. The second kappa shape index (κ2) is 4.56. The number of carboxylic acid groups (broad SMARTS) is 1. The highest BCUT2D eigenvalue weighted by Crippen LogP contribution is 2.33. The molecule has 1 N–H and O–H groups in total. The first kappa shape index (κ1) is 12.8. The number of carbonyl (C=O) groups is 1. The van der Waals surface area contributed by atoms with E-state index in [1.807, 2.05) is 0 Å². The molecule has 1 aliphatic heterocycles. The molecule has 1 aromatic heterocycles. The predicted octanol–water partition coefficient (Wildman–Crippen LogP) is 1.65. The Morgan fingerprint density at radius 3 is 2.72 bits per heavy atom. The van der Waals surface area contributed by atoms with Crippen molar-refractivity contribution < 1.29 is 23.4 Å². The maximum atomic E-state index is 12.7. The minimum Gasteiger partial charge on any atom is -0.479 e. The van der Waals surface area contributed by atoms with E-state index in [4.69, 9.17) is 21.4 Å². The zero-order valence-electron chi connectivity index (χ0n) is 9.07. The van der Waals surface area contributed by atoms with E-state index in [1.54, 1.807) is 0 Å². The van der Waals surface area contributed by atoms with E-state index in [-0.39, 0.29) is 10.9 Å². The van der Waals surface area contributed by atoms with Crippen molar-refractivity contribution in [1.82, 2.24) is 4.98 Å². The molecule has 0 unspecified atom stereocenters. The van der Waals surface area contributed by atoms with Gasteiger partial charge in [0.05, 0.1) is 13.1 Å². The average molecular weight is 279 g/mol. The van der Waals surface area contributed by atoms with Gasteiger partial charge < -0.3 is 14.7 Å². The van der Waals surface area contributed by atoms with Crippen LogP contribution >= 0.6 is 11.6 Å². The van der Waals surface area contributed by atoms with Crippen LogP contribution in [0.5, 0.6) is 5.75 Å². The van der Waals surface area contributed by atoms with Crippen molar-refractivity contribution in [3.8, 4) is 5.75 Å². The molecule has 8 heteroatoms. The smallest absolute Gasteiger partial charge is 0.341 e. The number of halogens is 3. The van der Waals surface area contributed by atoms with Gasteiger partial charge in [0, 0.05) is 0 Å². The number of aromatic nitrogens is 1. The number of rotatable bonds is 4. The molecular weight excluding hydrogens is 270 g/mol. The summed E-state index contributed by atoms with van der Waals surface area (Å²) in [5.41, 5.74) is 0. The average Bonchev–Trinajstić information content (AvgIpc) is 2.23.